The molecular weight excluding hydrogens is 241 g/mol. The van der Waals surface area contributed by atoms with Crippen molar-refractivity contribution < 1.29 is 13.2 Å². The lowest BCUT2D eigenvalue weighted by Crippen LogP contribution is -2.39. The molecule has 0 heterocycles. The minimum atomic E-state index is -4.08. The lowest BCUT2D eigenvalue weighted by Gasteiger charge is -2.24. The fraction of sp³-hybridized carbons (Fsp3) is 1.00. The predicted molar refractivity (Wildman–Crippen MR) is 67.6 cm³/mol. The van der Waals surface area contributed by atoms with Crippen molar-refractivity contribution in [3.8, 4) is 0 Å². The molecule has 0 aromatic rings. The Kier molecular flexibility index (Phi) is 7.00. The zero-order valence-electron chi connectivity index (χ0n) is 11.2. The number of alkyl halides is 3. The first-order valence-corrected chi connectivity index (χ1v) is 7.01. The van der Waals surface area contributed by atoms with E-state index in [-0.39, 0.29) is 0 Å². The summed E-state index contributed by atoms with van der Waals surface area (Å²) in [4.78, 5) is 1.44. The second-order valence-corrected chi connectivity index (χ2v) is 5.19. The van der Waals surface area contributed by atoms with Gasteiger partial charge in [-0.15, -0.1) is 0 Å². The van der Waals surface area contributed by atoms with Gasteiger partial charge in [0.1, 0.15) is 0 Å². The quantitative estimate of drug-likeness (QED) is 0.713. The molecule has 1 fully saturated rings. The van der Waals surface area contributed by atoms with Crippen LogP contribution >= 0.6 is 0 Å². The molecule has 1 rings (SSSR count). The number of rotatable bonds is 7. The summed E-state index contributed by atoms with van der Waals surface area (Å²) in [6.07, 6.45) is 2.41. The Morgan fingerprint density at radius 2 is 1.83 bits per heavy atom. The first-order chi connectivity index (χ1) is 8.51. The molecule has 18 heavy (non-hydrogen) atoms. The van der Waals surface area contributed by atoms with Crippen LogP contribution in [0.15, 0.2) is 0 Å². The smallest absolute Gasteiger partial charge is 0.315 e. The third-order valence-corrected chi connectivity index (χ3v) is 3.61. The molecule has 5 heteroatoms. The van der Waals surface area contributed by atoms with Crippen molar-refractivity contribution in [1.29, 1.82) is 0 Å². The zero-order chi connectivity index (χ0) is 13.4. The average Bonchev–Trinajstić information content (AvgIpc) is 2.33. The van der Waals surface area contributed by atoms with Crippen molar-refractivity contribution >= 4 is 0 Å². The molecule has 0 amide bonds. The summed E-state index contributed by atoms with van der Waals surface area (Å²) >= 11 is 0. The summed E-state index contributed by atoms with van der Waals surface area (Å²) in [5, 5.41) is 3.30. The molecule has 108 valence electrons. The van der Waals surface area contributed by atoms with E-state index in [0.29, 0.717) is 19.6 Å². The first kappa shape index (κ1) is 15.8. The van der Waals surface area contributed by atoms with E-state index in [1.165, 1.54) is 37.0 Å². The Balaban J connectivity index is 2.07. The highest BCUT2D eigenvalue weighted by Crippen LogP contribution is 2.22. The molecule has 0 saturated heterocycles. The number of nitrogens with zero attached hydrogens (tertiary/aromatic N) is 1. The van der Waals surface area contributed by atoms with Crippen molar-refractivity contribution in [2.45, 2.75) is 45.2 Å². The van der Waals surface area contributed by atoms with Gasteiger partial charge >= 0.3 is 6.18 Å². The Bertz CT molecular complexity index is 213. The number of halogens is 3. The van der Waals surface area contributed by atoms with Crippen LogP contribution < -0.4 is 5.32 Å². The highest BCUT2D eigenvalue weighted by atomic mass is 19.4. The fourth-order valence-corrected chi connectivity index (χ4v) is 2.54. The van der Waals surface area contributed by atoms with E-state index in [0.717, 1.165) is 12.5 Å². The summed E-state index contributed by atoms with van der Waals surface area (Å²) in [5.41, 5.74) is 0. The van der Waals surface area contributed by atoms with Crippen molar-refractivity contribution in [2.24, 2.45) is 5.92 Å². The monoisotopic (exact) mass is 266 g/mol. The maximum atomic E-state index is 12.2. The molecule has 0 atom stereocenters. The van der Waals surface area contributed by atoms with Crippen LogP contribution in [0.3, 0.4) is 0 Å². The van der Waals surface area contributed by atoms with E-state index in [2.05, 4.69) is 5.32 Å². The third kappa shape index (κ3) is 7.21. The number of likely N-dealkylation sites (N-methyl/N-ethyl adjacent to an activating group) is 1. The van der Waals surface area contributed by atoms with E-state index in [9.17, 15) is 13.2 Å². The minimum absolute atomic E-state index is 0.449. The van der Waals surface area contributed by atoms with Gasteiger partial charge in [-0.2, -0.15) is 13.2 Å². The summed E-state index contributed by atoms with van der Waals surface area (Å²) < 4.78 is 36.7. The standard InChI is InChI=1S/C13H25F3N2/c1-2-18(11-13(14,15)16)9-8-17-10-12-6-4-3-5-7-12/h12,17H,2-11H2,1H3. The summed E-state index contributed by atoms with van der Waals surface area (Å²) in [7, 11) is 0. The normalized spacial score (nSPS) is 18.5. The van der Waals surface area contributed by atoms with E-state index in [1.807, 2.05) is 0 Å². The van der Waals surface area contributed by atoms with E-state index in [1.54, 1.807) is 6.92 Å². The highest BCUT2D eigenvalue weighted by Gasteiger charge is 2.29. The third-order valence-electron chi connectivity index (χ3n) is 3.61. The highest BCUT2D eigenvalue weighted by molar-refractivity contribution is 4.69. The second-order valence-electron chi connectivity index (χ2n) is 5.19. The zero-order valence-corrected chi connectivity index (χ0v) is 11.2. The van der Waals surface area contributed by atoms with Crippen LogP contribution in [0.4, 0.5) is 13.2 Å². The van der Waals surface area contributed by atoms with Gasteiger partial charge in [0.05, 0.1) is 6.54 Å². The number of hydrogen-bond acceptors (Lipinski definition) is 2. The van der Waals surface area contributed by atoms with Crippen LogP contribution in [-0.2, 0) is 0 Å². The van der Waals surface area contributed by atoms with Crippen molar-refractivity contribution in [3.63, 3.8) is 0 Å². The molecule has 2 nitrogen and oxygen atoms in total. The van der Waals surface area contributed by atoms with E-state index >= 15 is 0 Å². The Hall–Kier alpha value is -0.290. The Morgan fingerprint density at radius 1 is 1.17 bits per heavy atom. The topological polar surface area (TPSA) is 15.3 Å². The van der Waals surface area contributed by atoms with E-state index in [4.69, 9.17) is 0 Å². The van der Waals surface area contributed by atoms with Gasteiger partial charge in [0.2, 0.25) is 0 Å². The van der Waals surface area contributed by atoms with Crippen LogP contribution in [0.1, 0.15) is 39.0 Å². The maximum absolute atomic E-state index is 12.2. The number of hydrogen-bond donors (Lipinski definition) is 1. The van der Waals surface area contributed by atoms with Crippen LogP contribution in [0.2, 0.25) is 0 Å². The Morgan fingerprint density at radius 3 is 2.39 bits per heavy atom. The van der Waals surface area contributed by atoms with Gasteiger partial charge in [-0.05, 0) is 31.8 Å². The molecule has 0 bridgehead atoms. The lowest BCUT2D eigenvalue weighted by atomic mass is 9.89. The van der Waals surface area contributed by atoms with Crippen LogP contribution in [0, 0.1) is 5.92 Å². The molecule has 1 aliphatic carbocycles. The average molecular weight is 266 g/mol. The van der Waals surface area contributed by atoms with Gasteiger partial charge in [-0.1, -0.05) is 26.2 Å². The van der Waals surface area contributed by atoms with Gasteiger partial charge < -0.3 is 5.32 Å². The number of nitrogens with one attached hydrogen (secondary N) is 1. The molecule has 0 radical (unpaired) electrons. The van der Waals surface area contributed by atoms with Crippen LogP contribution in [0.25, 0.3) is 0 Å². The van der Waals surface area contributed by atoms with Crippen LogP contribution in [-0.4, -0.2) is 43.8 Å². The lowest BCUT2D eigenvalue weighted by molar-refractivity contribution is -0.145. The molecule has 1 aliphatic rings. The summed E-state index contributed by atoms with van der Waals surface area (Å²) in [6, 6.07) is 0. The van der Waals surface area contributed by atoms with Crippen molar-refractivity contribution in [3.05, 3.63) is 0 Å². The Labute approximate surface area is 108 Å². The molecule has 1 N–H and O–H groups in total. The molecule has 0 aliphatic heterocycles. The van der Waals surface area contributed by atoms with Crippen LogP contribution in [0.5, 0.6) is 0 Å². The molecular formula is C13H25F3N2. The molecule has 0 spiro atoms. The maximum Gasteiger partial charge on any atom is 0.401 e. The van der Waals surface area contributed by atoms with Crippen molar-refractivity contribution in [1.82, 2.24) is 10.2 Å². The fourth-order valence-electron chi connectivity index (χ4n) is 2.54. The predicted octanol–water partition coefficient (Wildman–Crippen LogP) is 3.04. The second kappa shape index (κ2) is 8.00. The van der Waals surface area contributed by atoms with Crippen molar-refractivity contribution in [2.75, 3.05) is 32.7 Å². The largest absolute Gasteiger partial charge is 0.401 e. The van der Waals surface area contributed by atoms with Gasteiger partial charge in [-0.25, -0.2) is 0 Å². The van der Waals surface area contributed by atoms with Gasteiger partial charge in [0.25, 0.3) is 0 Å². The van der Waals surface area contributed by atoms with Gasteiger partial charge in [0.15, 0.2) is 0 Å². The first-order valence-electron chi connectivity index (χ1n) is 7.01. The van der Waals surface area contributed by atoms with Gasteiger partial charge in [-0.3, -0.25) is 4.90 Å². The molecule has 1 saturated carbocycles. The van der Waals surface area contributed by atoms with Gasteiger partial charge in [0, 0.05) is 13.1 Å². The molecule has 0 aromatic heterocycles. The molecule has 0 unspecified atom stereocenters. The minimum Gasteiger partial charge on any atom is -0.315 e. The van der Waals surface area contributed by atoms with E-state index < -0.39 is 12.7 Å². The SMILES string of the molecule is CCN(CCNCC1CCCCC1)CC(F)(F)F. The summed E-state index contributed by atoms with van der Waals surface area (Å²) in [6.45, 7) is 3.51. The summed E-state index contributed by atoms with van der Waals surface area (Å²) in [5.74, 6) is 0.733. The molecule has 0 aromatic carbocycles.